The van der Waals surface area contributed by atoms with Crippen LogP contribution in [0, 0.1) is 6.92 Å². The van der Waals surface area contributed by atoms with Crippen LogP contribution in [-0.4, -0.2) is 32.2 Å². The molecule has 0 fully saturated rings. The first kappa shape index (κ1) is 26.5. The number of pyridine rings is 1. The van der Waals surface area contributed by atoms with Gasteiger partial charge in [0.05, 0.1) is 16.2 Å². The van der Waals surface area contributed by atoms with Gasteiger partial charge in [-0.3, -0.25) is 0 Å². The van der Waals surface area contributed by atoms with Crippen molar-refractivity contribution < 1.29 is 8.42 Å². The zero-order valence-corrected chi connectivity index (χ0v) is 22.7. The molecular weight excluding hydrogens is 466 g/mol. The van der Waals surface area contributed by atoms with E-state index in [2.05, 4.69) is 48.3 Å². The van der Waals surface area contributed by atoms with E-state index in [-0.39, 0.29) is 5.75 Å². The second-order valence-corrected chi connectivity index (χ2v) is 12.2. The zero-order valence-electron chi connectivity index (χ0n) is 21.9. The number of hydrogen-bond acceptors (Lipinski definition) is 5. The van der Waals surface area contributed by atoms with E-state index in [1.54, 1.807) is 12.1 Å². The van der Waals surface area contributed by atoms with Crippen molar-refractivity contribution in [1.29, 1.82) is 0 Å². The van der Waals surface area contributed by atoms with Crippen LogP contribution in [0.4, 0.5) is 11.5 Å². The quantitative estimate of drug-likeness (QED) is 0.261. The fraction of sp³-hybridized carbons (Fsp3) is 0.500. The molecule has 0 amide bonds. The molecule has 0 atom stereocenters. The Morgan fingerprint density at radius 1 is 0.917 bits per heavy atom. The van der Waals surface area contributed by atoms with Crippen molar-refractivity contribution >= 4 is 32.2 Å². The van der Waals surface area contributed by atoms with Gasteiger partial charge in [0.2, 0.25) is 0 Å². The molecule has 194 valence electrons. The molecule has 2 heterocycles. The molecule has 1 aliphatic rings. The summed E-state index contributed by atoms with van der Waals surface area (Å²) in [4.78, 5) is 7.57. The number of anilines is 2. The smallest absolute Gasteiger partial charge is 0.180 e. The van der Waals surface area contributed by atoms with Gasteiger partial charge in [0.25, 0.3) is 0 Å². The highest BCUT2D eigenvalue weighted by Gasteiger charge is 2.26. The molecule has 0 radical (unpaired) electrons. The summed E-state index contributed by atoms with van der Waals surface area (Å²) in [6, 6.07) is 15.8. The van der Waals surface area contributed by atoms with Crippen LogP contribution in [0.25, 0.3) is 10.9 Å². The van der Waals surface area contributed by atoms with Crippen molar-refractivity contribution in [1.82, 2.24) is 4.98 Å². The van der Waals surface area contributed by atoms with E-state index in [1.165, 1.54) is 51.4 Å². The van der Waals surface area contributed by atoms with Gasteiger partial charge in [0.15, 0.2) is 9.84 Å². The Bertz CT molecular complexity index is 1260. The van der Waals surface area contributed by atoms with Crippen LogP contribution >= 0.6 is 0 Å². The minimum Gasteiger partial charge on any atom is -0.384 e. The standard InChI is InChI=1S/C30H41N3O2S/c1-3-4-5-6-7-8-9-10-13-19-31-27-22-29(32-30-24(2)15-14-17-26(27)30)33-20-21-36(34,35)28-18-12-11-16-25(28)23-33/h11-12,14-18,22H,3-10,13,19-21,23H2,1-2H3,(H,31,32). The van der Waals surface area contributed by atoms with E-state index in [0.29, 0.717) is 18.0 Å². The fourth-order valence-corrected chi connectivity index (χ4v) is 6.60. The third kappa shape index (κ3) is 6.58. The lowest BCUT2D eigenvalue weighted by Crippen LogP contribution is -2.26. The molecule has 5 nitrogen and oxygen atoms in total. The summed E-state index contributed by atoms with van der Waals surface area (Å²) in [5, 5.41) is 4.80. The lowest BCUT2D eigenvalue weighted by atomic mass is 10.1. The van der Waals surface area contributed by atoms with Crippen LogP contribution in [-0.2, 0) is 16.4 Å². The van der Waals surface area contributed by atoms with Gasteiger partial charge in [-0.2, -0.15) is 0 Å². The Morgan fingerprint density at radius 3 is 2.42 bits per heavy atom. The highest BCUT2D eigenvalue weighted by molar-refractivity contribution is 7.91. The van der Waals surface area contributed by atoms with Gasteiger partial charge in [-0.25, -0.2) is 13.4 Å². The van der Waals surface area contributed by atoms with Gasteiger partial charge in [-0.15, -0.1) is 0 Å². The van der Waals surface area contributed by atoms with E-state index >= 15 is 0 Å². The molecule has 1 aromatic heterocycles. The normalized spacial score (nSPS) is 15.0. The average Bonchev–Trinajstić information content (AvgIpc) is 3.01. The number of sulfone groups is 1. The highest BCUT2D eigenvalue weighted by atomic mass is 32.2. The number of unbranched alkanes of at least 4 members (excludes halogenated alkanes) is 8. The summed E-state index contributed by atoms with van der Waals surface area (Å²) in [5.41, 5.74) is 4.03. The molecule has 0 bridgehead atoms. The van der Waals surface area contributed by atoms with Crippen molar-refractivity contribution in [3.63, 3.8) is 0 Å². The number of rotatable bonds is 12. The van der Waals surface area contributed by atoms with Crippen LogP contribution in [0.15, 0.2) is 53.4 Å². The van der Waals surface area contributed by atoms with Crippen molar-refractivity contribution in [3.05, 3.63) is 59.7 Å². The molecule has 0 saturated heterocycles. The first-order valence-electron chi connectivity index (χ1n) is 13.7. The summed E-state index contributed by atoms with van der Waals surface area (Å²) in [5.74, 6) is 0.928. The molecule has 0 spiro atoms. The monoisotopic (exact) mass is 507 g/mol. The summed E-state index contributed by atoms with van der Waals surface area (Å²) in [6.45, 7) is 6.25. The van der Waals surface area contributed by atoms with E-state index in [4.69, 9.17) is 4.98 Å². The van der Waals surface area contributed by atoms with Crippen LogP contribution in [0.3, 0.4) is 0 Å². The van der Waals surface area contributed by atoms with E-state index in [1.807, 2.05) is 12.1 Å². The number of nitrogens with zero attached hydrogens (tertiary/aromatic N) is 2. The van der Waals surface area contributed by atoms with Crippen LogP contribution in [0.1, 0.15) is 75.8 Å². The van der Waals surface area contributed by atoms with E-state index in [9.17, 15) is 8.42 Å². The van der Waals surface area contributed by atoms with Crippen LogP contribution < -0.4 is 10.2 Å². The molecule has 1 N–H and O–H groups in total. The molecular formula is C30H41N3O2S. The van der Waals surface area contributed by atoms with Crippen molar-refractivity contribution in [2.75, 3.05) is 29.1 Å². The maximum absolute atomic E-state index is 12.9. The molecule has 3 aromatic rings. The summed E-state index contributed by atoms with van der Waals surface area (Å²) >= 11 is 0. The third-order valence-corrected chi connectivity index (χ3v) is 9.03. The number of hydrogen-bond donors (Lipinski definition) is 1. The predicted molar refractivity (Wildman–Crippen MR) is 152 cm³/mol. The van der Waals surface area contributed by atoms with Crippen molar-refractivity contribution in [2.24, 2.45) is 0 Å². The number of fused-ring (bicyclic) bond motifs is 2. The molecule has 36 heavy (non-hydrogen) atoms. The molecule has 0 saturated carbocycles. The molecule has 0 aliphatic carbocycles. The zero-order chi connectivity index (χ0) is 25.4. The number of nitrogens with one attached hydrogen (secondary N) is 1. The fourth-order valence-electron chi connectivity index (χ4n) is 5.10. The second kappa shape index (κ2) is 12.6. The number of aromatic nitrogens is 1. The number of aryl methyl sites for hydroxylation is 1. The van der Waals surface area contributed by atoms with Gasteiger partial charge in [-0.1, -0.05) is 94.7 Å². The summed E-state index contributed by atoms with van der Waals surface area (Å²) in [6.07, 6.45) is 11.8. The van der Waals surface area contributed by atoms with Crippen molar-refractivity contribution in [2.45, 2.75) is 83.1 Å². The first-order chi connectivity index (χ1) is 17.5. The topological polar surface area (TPSA) is 62.3 Å². The van der Waals surface area contributed by atoms with Crippen LogP contribution in [0.2, 0.25) is 0 Å². The van der Waals surface area contributed by atoms with Gasteiger partial charge < -0.3 is 10.2 Å². The van der Waals surface area contributed by atoms with Gasteiger partial charge >= 0.3 is 0 Å². The molecule has 1 aliphatic heterocycles. The largest absolute Gasteiger partial charge is 0.384 e. The number of para-hydroxylation sites is 1. The molecule has 6 heteroatoms. The molecule has 0 unspecified atom stereocenters. The maximum Gasteiger partial charge on any atom is 0.180 e. The lowest BCUT2D eigenvalue weighted by molar-refractivity contribution is 0.569. The van der Waals surface area contributed by atoms with Crippen molar-refractivity contribution in [3.8, 4) is 0 Å². The van der Waals surface area contributed by atoms with Crippen LogP contribution in [0.5, 0.6) is 0 Å². The first-order valence-corrected chi connectivity index (χ1v) is 15.3. The predicted octanol–water partition coefficient (Wildman–Crippen LogP) is 7.28. The Balaban J connectivity index is 1.46. The Hall–Kier alpha value is -2.60. The summed E-state index contributed by atoms with van der Waals surface area (Å²) in [7, 11) is -3.30. The highest BCUT2D eigenvalue weighted by Crippen LogP contribution is 2.32. The SMILES string of the molecule is CCCCCCCCCCCNc1cc(N2CCS(=O)(=O)c3ccccc3C2)nc2c(C)cccc12. The maximum atomic E-state index is 12.9. The summed E-state index contributed by atoms with van der Waals surface area (Å²) < 4.78 is 25.7. The Labute approximate surface area is 217 Å². The van der Waals surface area contributed by atoms with E-state index < -0.39 is 9.84 Å². The Kier molecular flexibility index (Phi) is 9.24. The second-order valence-electron chi connectivity index (χ2n) is 10.1. The molecule has 2 aromatic carbocycles. The minimum atomic E-state index is -3.30. The molecule has 4 rings (SSSR count). The minimum absolute atomic E-state index is 0.0959. The van der Waals surface area contributed by atoms with Gasteiger partial charge in [0, 0.05) is 36.8 Å². The Morgan fingerprint density at radius 2 is 1.64 bits per heavy atom. The third-order valence-electron chi connectivity index (χ3n) is 7.25. The van der Waals surface area contributed by atoms with Gasteiger partial charge in [0.1, 0.15) is 5.82 Å². The van der Waals surface area contributed by atoms with Gasteiger partial charge in [-0.05, 0) is 30.5 Å². The van der Waals surface area contributed by atoms with E-state index in [0.717, 1.165) is 46.5 Å². The number of benzene rings is 2. The lowest BCUT2D eigenvalue weighted by Gasteiger charge is -2.23. The average molecular weight is 508 g/mol.